The molecule has 0 radical (unpaired) electrons. The number of methoxy groups -OCH3 is 2. The molecule has 0 fully saturated rings. The van der Waals surface area contributed by atoms with E-state index in [1.165, 1.54) is 0 Å². The summed E-state index contributed by atoms with van der Waals surface area (Å²) in [5.41, 5.74) is 2.03. The minimum absolute atomic E-state index is 0.0894. The number of thiophene rings is 1. The van der Waals surface area contributed by atoms with E-state index in [0.29, 0.717) is 6.54 Å². The van der Waals surface area contributed by atoms with E-state index in [1.807, 2.05) is 29.0 Å². The molecule has 0 aliphatic carbocycles. The SMILES string of the molecule is COc1ccc(C(C)(C)CNCC(O)c2ccsc2)cc1OC. The fourth-order valence-corrected chi connectivity index (χ4v) is 3.17. The Balaban J connectivity index is 1.98. The third-order valence-corrected chi connectivity index (χ3v) is 4.70. The molecule has 1 aromatic heterocycles. The summed E-state index contributed by atoms with van der Waals surface area (Å²) in [6, 6.07) is 7.95. The molecule has 2 N–H and O–H groups in total. The Hall–Kier alpha value is -1.56. The molecule has 0 saturated heterocycles. The number of rotatable bonds is 8. The quantitative estimate of drug-likeness (QED) is 0.777. The van der Waals surface area contributed by atoms with Crippen LogP contribution in [-0.2, 0) is 5.41 Å². The van der Waals surface area contributed by atoms with Crippen molar-refractivity contribution in [1.82, 2.24) is 5.32 Å². The van der Waals surface area contributed by atoms with Gasteiger partial charge in [0.05, 0.1) is 20.3 Å². The van der Waals surface area contributed by atoms with Gasteiger partial charge in [-0.3, -0.25) is 0 Å². The predicted molar refractivity (Wildman–Crippen MR) is 94.7 cm³/mol. The van der Waals surface area contributed by atoms with Crippen LogP contribution in [-0.4, -0.2) is 32.4 Å². The van der Waals surface area contributed by atoms with Gasteiger partial charge in [-0.1, -0.05) is 19.9 Å². The summed E-state index contributed by atoms with van der Waals surface area (Å²) < 4.78 is 10.7. The van der Waals surface area contributed by atoms with E-state index < -0.39 is 6.10 Å². The van der Waals surface area contributed by atoms with Gasteiger partial charge in [-0.25, -0.2) is 0 Å². The molecule has 0 amide bonds. The minimum atomic E-state index is -0.470. The van der Waals surface area contributed by atoms with Crippen molar-refractivity contribution in [3.05, 3.63) is 46.2 Å². The highest BCUT2D eigenvalue weighted by atomic mass is 32.1. The zero-order valence-corrected chi connectivity index (χ0v) is 14.9. The van der Waals surface area contributed by atoms with Gasteiger partial charge in [0.2, 0.25) is 0 Å². The van der Waals surface area contributed by atoms with Crippen molar-refractivity contribution in [2.45, 2.75) is 25.4 Å². The van der Waals surface area contributed by atoms with E-state index in [9.17, 15) is 5.11 Å². The Bertz CT molecular complexity index is 611. The molecule has 1 unspecified atom stereocenters. The van der Waals surface area contributed by atoms with Gasteiger partial charge in [0.25, 0.3) is 0 Å². The molecule has 126 valence electrons. The molecule has 0 aliphatic heterocycles. The third kappa shape index (κ3) is 4.47. The van der Waals surface area contributed by atoms with E-state index in [-0.39, 0.29) is 5.41 Å². The van der Waals surface area contributed by atoms with Crippen molar-refractivity contribution in [2.24, 2.45) is 0 Å². The third-order valence-electron chi connectivity index (χ3n) is 4.00. The molecule has 0 aliphatic rings. The second-order valence-corrected chi connectivity index (χ2v) is 6.94. The van der Waals surface area contributed by atoms with Gasteiger partial charge in [-0.2, -0.15) is 11.3 Å². The predicted octanol–water partition coefficient (Wildman–Crippen LogP) is 3.37. The molecule has 0 spiro atoms. The average molecular weight is 335 g/mol. The molecular weight excluding hydrogens is 310 g/mol. The fraction of sp³-hybridized carbons (Fsp3) is 0.444. The van der Waals surface area contributed by atoms with Crippen LogP contribution in [0.3, 0.4) is 0 Å². The highest BCUT2D eigenvalue weighted by Crippen LogP contribution is 2.33. The average Bonchev–Trinajstić information content (AvgIpc) is 3.08. The minimum Gasteiger partial charge on any atom is -0.493 e. The number of hydrogen-bond acceptors (Lipinski definition) is 5. The van der Waals surface area contributed by atoms with E-state index in [0.717, 1.165) is 29.2 Å². The fourth-order valence-electron chi connectivity index (χ4n) is 2.46. The van der Waals surface area contributed by atoms with Crippen molar-refractivity contribution in [2.75, 3.05) is 27.3 Å². The molecular formula is C18H25NO3S. The number of aliphatic hydroxyl groups excluding tert-OH is 1. The van der Waals surface area contributed by atoms with Crippen LogP contribution in [0.25, 0.3) is 0 Å². The van der Waals surface area contributed by atoms with E-state index in [2.05, 4.69) is 25.2 Å². The highest BCUT2D eigenvalue weighted by Gasteiger charge is 2.22. The van der Waals surface area contributed by atoms with Crippen LogP contribution in [0.15, 0.2) is 35.0 Å². The van der Waals surface area contributed by atoms with Crippen LogP contribution in [0.4, 0.5) is 0 Å². The molecule has 23 heavy (non-hydrogen) atoms. The van der Waals surface area contributed by atoms with Crippen LogP contribution in [0, 0.1) is 0 Å². The van der Waals surface area contributed by atoms with Gasteiger partial charge < -0.3 is 19.9 Å². The molecule has 0 saturated carbocycles. The zero-order chi connectivity index (χ0) is 16.9. The lowest BCUT2D eigenvalue weighted by molar-refractivity contribution is 0.172. The van der Waals surface area contributed by atoms with Gasteiger partial charge in [0.15, 0.2) is 11.5 Å². The van der Waals surface area contributed by atoms with Crippen LogP contribution in [0.1, 0.15) is 31.1 Å². The smallest absolute Gasteiger partial charge is 0.161 e. The molecule has 1 atom stereocenters. The lowest BCUT2D eigenvalue weighted by Crippen LogP contribution is -2.35. The molecule has 5 heteroatoms. The first kappa shape index (κ1) is 17.8. The van der Waals surface area contributed by atoms with Crippen LogP contribution < -0.4 is 14.8 Å². The lowest BCUT2D eigenvalue weighted by Gasteiger charge is -2.27. The monoisotopic (exact) mass is 335 g/mol. The first-order valence-corrected chi connectivity index (χ1v) is 8.55. The summed E-state index contributed by atoms with van der Waals surface area (Å²) in [5.74, 6) is 1.46. The zero-order valence-electron chi connectivity index (χ0n) is 14.1. The maximum Gasteiger partial charge on any atom is 0.161 e. The summed E-state index contributed by atoms with van der Waals surface area (Å²) in [7, 11) is 3.28. The first-order valence-electron chi connectivity index (χ1n) is 7.61. The van der Waals surface area contributed by atoms with Crippen molar-refractivity contribution in [3.63, 3.8) is 0 Å². The maximum atomic E-state index is 10.1. The van der Waals surface area contributed by atoms with Crippen molar-refractivity contribution >= 4 is 11.3 Å². The molecule has 0 bridgehead atoms. The van der Waals surface area contributed by atoms with E-state index >= 15 is 0 Å². The molecule has 2 aromatic rings. The van der Waals surface area contributed by atoms with Gasteiger partial charge in [0, 0.05) is 18.5 Å². The maximum absolute atomic E-state index is 10.1. The largest absolute Gasteiger partial charge is 0.493 e. The van der Waals surface area contributed by atoms with Gasteiger partial charge >= 0.3 is 0 Å². The Morgan fingerprint density at radius 1 is 1.17 bits per heavy atom. The first-order chi connectivity index (χ1) is 11.0. The topological polar surface area (TPSA) is 50.7 Å². The van der Waals surface area contributed by atoms with Crippen molar-refractivity contribution < 1.29 is 14.6 Å². The van der Waals surface area contributed by atoms with Crippen molar-refractivity contribution in [3.8, 4) is 11.5 Å². The second-order valence-electron chi connectivity index (χ2n) is 6.16. The number of nitrogens with one attached hydrogen (secondary N) is 1. The van der Waals surface area contributed by atoms with Crippen LogP contribution in [0.5, 0.6) is 11.5 Å². The highest BCUT2D eigenvalue weighted by molar-refractivity contribution is 7.07. The summed E-state index contributed by atoms with van der Waals surface area (Å²) in [6.07, 6.45) is -0.470. The number of aliphatic hydroxyl groups is 1. The van der Waals surface area contributed by atoms with Crippen LogP contribution >= 0.6 is 11.3 Å². The Kier molecular flexibility index (Phi) is 6.04. The van der Waals surface area contributed by atoms with Crippen molar-refractivity contribution in [1.29, 1.82) is 0 Å². The standard InChI is InChI=1S/C18H25NO3S/c1-18(2,12-19-10-15(20)13-7-8-23-11-13)14-5-6-16(21-3)17(9-14)22-4/h5-9,11,15,19-20H,10,12H2,1-4H3. The summed E-state index contributed by atoms with van der Waals surface area (Å²) in [6.45, 7) is 5.62. The number of benzene rings is 1. The summed E-state index contributed by atoms with van der Waals surface area (Å²) in [5, 5.41) is 17.5. The Labute approximate surface area is 142 Å². The number of hydrogen-bond donors (Lipinski definition) is 2. The van der Waals surface area contributed by atoms with Gasteiger partial charge in [0.1, 0.15) is 0 Å². The van der Waals surface area contributed by atoms with Gasteiger partial charge in [-0.05, 0) is 40.1 Å². The van der Waals surface area contributed by atoms with Crippen LogP contribution in [0.2, 0.25) is 0 Å². The number of ether oxygens (including phenoxy) is 2. The normalized spacial score (nSPS) is 12.9. The van der Waals surface area contributed by atoms with Gasteiger partial charge in [-0.15, -0.1) is 0 Å². The Morgan fingerprint density at radius 2 is 1.91 bits per heavy atom. The molecule has 4 nitrogen and oxygen atoms in total. The van der Waals surface area contributed by atoms with E-state index in [4.69, 9.17) is 9.47 Å². The molecule has 1 heterocycles. The summed E-state index contributed by atoms with van der Waals surface area (Å²) >= 11 is 1.60. The second kappa shape index (κ2) is 7.81. The summed E-state index contributed by atoms with van der Waals surface area (Å²) in [4.78, 5) is 0. The van der Waals surface area contributed by atoms with E-state index in [1.54, 1.807) is 25.6 Å². The molecule has 2 rings (SSSR count). The molecule has 1 aromatic carbocycles. The lowest BCUT2D eigenvalue weighted by atomic mass is 9.84. The Morgan fingerprint density at radius 3 is 2.52 bits per heavy atom.